The molecule has 0 bridgehead atoms. The topological polar surface area (TPSA) is 57.3 Å². The number of amides is 2. The smallest absolute Gasteiger partial charge is 0.321 e. The second-order valence-corrected chi connectivity index (χ2v) is 9.29. The third-order valence-corrected chi connectivity index (χ3v) is 6.52. The monoisotopic (exact) mass is 364 g/mol. The number of likely N-dealkylation sites (tertiary alicyclic amines) is 1. The number of nitrogens with one attached hydrogen (secondary N) is 2. The molecule has 2 fully saturated rings. The minimum Gasteiger partial charge on any atom is -0.334 e. The van der Waals surface area contributed by atoms with Crippen molar-refractivity contribution in [2.75, 3.05) is 25.5 Å². The summed E-state index contributed by atoms with van der Waals surface area (Å²) in [7, 11) is 2.14. The molecular formula is C19H32N4OS. The Labute approximate surface area is 155 Å². The van der Waals surface area contributed by atoms with Crippen LogP contribution in [0.3, 0.4) is 0 Å². The van der Waals surface area contributed by atoms with Gasteiger partial charge in [0.05, 0.1) is 5.69 Å². The van der Waals surface area contributed by atoms with Gasteiger partial charge in [-0.15, -0.1) is 11.3 Å². The zero-order valence-electron chi connectivity index (χ0n) is 15.8. The first-order chi connectivity index (χ1) is 11.9. The molecule has 1 saturated heterocycles. The van der Waals surface area contributed by atoms with Gasteiger partial charge in [0.2, 0.25) is 0 Å². The molecule has 1 aliphatic carbocycles. The van der Waals surface area contributed by atoms with Gasteiger partial charge in [0.1, 0.15) is 0 Å². The predicted octanol–water partition coefficient (Wildman–Crippen LogP) is 4.43. The van der Waals surface area contributed by atoms with Crippen LogP contribution in [0.2, 0.25) is 0 Å². The normalized spacial score (nSPS) is 25.3. The first-order valence-electron chi connectivity index (χ1n) is 9.65. The molecule has 25 heavy (non-hydrogen) atoms. The van der Waals surface area contributed by atoms with E-state index in [-0.39, 0.29) is 17.5 Å². The van der Waals surface area contributed by atoms with E-state index in [0.29, 0.717) is 5.92 Å². The number of urea groups is 1. The molecule has 2 N–H and O–H groups in total. The van der Waals surface area contributed by atoms with Crippen LogP contribution in [-0.4, -0.2) is 42.1 Å². The Kier molecular flexibility index (Phi) is 6.00. The highest BCUT2D eigenvalue weighted by Crippen LogP contribution is 2.33. The fourth-order valence-electron chi connectivity index (χ4n) is 4.29. The van der Waals surface area contributed by atoms with E-state index in [1.54, 1.807) is 11.3 Å². The number of hydrogen-bond acceptors (Lipinski definition) is 4. The van der Waals surface area contributed by atoms with Crippen LogP contribution in [0, 0.1) is 5.41 Å². The lowest BCUT2D eigenvalue weighted by Gasteiger charge is -2.43. The van der Waals surface area contributed by atoms with Crippen molar-refractivity contribution in [2.45, 2.75) is 70.8 Å². The van der Waals surface area contributed by atoms with Crippen molar-refractivity contribution >= 4 is 22.5 Å². The van der Waals surface area contributed by atoms with Crippen molar-refractivity contribution in [1.29, 1.82) is 0 Å². The van der Waals surface area contributed by atoms with Gasteiger partial charge >= 0.3 is 6.03 Å². The maximum atomic E-state index is 12.4. The third-order valence-electron chi connectivity index (χ3n) is 5.74. The van der Waals surface area contributed by atoms with Crippen molar-refractivity contribution in [3.05, 3.63) is 11.1 Å². The second kappa shape index (κ2) is 8.04. The first-order valence-corrected chi connectivity index (χ1v) is 10.5. The summed E-state index contributed by atoms with van der Waals surface area (Å²) in [6.45, 7) is 6.47. The molecule has 1 unspecified atom stereocenters. The zero-order chi connectivity index (χ0) is 17.9. The SMILES string of the molecule is CN1CCC(NC(=O)Nc2nc(C3CCCCCC3)cs2)C(C)(C)C1. The fourth-order valence-corrected chi connectivity index (χ4v) is 5.08. The van der Waals surface area contributed by atoms with Crippen molar-refractivity contribution in [1.82, 2.24) is 15.2 Å². The molecule has 2 aliphatic rings. The maximum absolute atomic E-state index is 12.4. The molecule has 6 heteroatoms. The highest BCUT2D eigenvalue weighted by atomic mass is 32.1. The Hall–Kier alpha value is -1.14. The van der Waals surface area contributed by atoms with E-state index < -0.39 is 0 Å². The summed E-state index contributed by atoms with van der Waals surface area (Å²) in [5.41, 5.74) is 1.25. The molecular weight excluding hydrogens is 332 g/mol. The summed E-state index contributed by atoms with van der Waals surface area (Å²) in [6.07, 6.45) is 8.76. The van der Waals surface area contributed by atoms with Crippen molar-refractivity contribution in [3.63, 3.8) is 0 Å². The molecule has 2 amide bonds. The molecule has 1 atom stereocenters. The Morgan fingerprint density at radius 2 is 1.96 bits per heavy atom. The number of thiazole rings is 1. The largest absolute Gasteiger partial charge is 0.334 e. The predicted molar refractivity (Wildman–Crippen MR) is 104 cm³/mol. The minimum atomic E-state index is -0.121. The zero-order valence-corrected chi connectivity index (χ0v) is 16.6. The molecule has 2 heterocycles. The molecule has 1 saturated carbocycles. The van der Waals surface area contributed by atoms with Crippen LogP contribution in [0.15, 0.2) is 5.38 Å². The number of anilines is 1. The Bertz CT molecular complexity index is 578. The van der Waals surface area contributed by atoms with Gasteiger partial charge in [0.25, 0.3) is 0 Å². The summed E-state index contributed by atoms with van der Waals surface area (Å²) < 4.78 is 0. The Morgan fingerprint density at radius 1 is 1.24 bits per heavy atom. The summed E-state index contributed by atoms with van der Waals surface area (Å²) in [6, 6.07) is 0.0781. The number of carbonyl (C=O) groups is 1. The molecule has 1 aromatic rings. The second-order valence-electron chi connectivity index (χ2n) is 8.43. The van der Waals surface area contributed by atoms with E-state index in [2.05, 4.69) is 41.8 Å². The van der Waals surface area contributed by atoms with Crippen LogP contribution >= 0.6 is 11.3 Å². The number of aromatic nitrogens is 1. The highest BCUT2D eigenvalue weighted by molar-refractivity contribution is 7.13. The van der Waals surface area contributed by atoms with E-state index in [4.69, 9.17) is 4.98 Å². The van der Waals surface area contributed by atoms with E-state index in [0.717, 1.165) is 24.6 Å². The number of nitrogens with zero attached hydrogens (tertiary/aromatic N) is 2. The van der Waals surface area contributed by atoms with Crippen molar-refractivity contribution in [2.24, 2.45) is 5.41 Å². The van der Waals surface area contributed by atoms with E-state index in [1.807, 2.05) is 0 Å². The first kappa shape index (κ1) is 18.6. The standard InChI is InChI=1S/C19H32N4OS/c1-19(2)13-23(3)11-10-16(19)21-17(24)22-18-20-15(12-25-18)14-8-6-4-5-7-9-14/h12,14,16H,4-11,13H2,1-3H3,(H2,20,21,22,24). The molecule has 0 radical (unpaired) electrons. The highest BCUT2D eigenvalue weighted by Gasteiger charge is 2.35. The molecule has 140 valence electrons. The van der Waals surface area contributed by atoms with Gasteiger partial charge in [0.15, 0.2) is 5.13 Å². The van der Waals surface area contributed by atoms with Crippen LogP contribution in [0.5, 0.6) is 0 Å². The van der Waals surface area contributed by atoms with Gasteiger partial charge in [-0.1, -0.05) is 39.5 Å². The van der Waals surface area contributed by atoms with Gasteiger partial charge in [0, 0.05) is 23.9 Å². The van der Waals surface area contributed by atoms with Crippen LogP contribution in [0.4, 0.5) is 9.93 Å². The lowest BCUT2D eigenvalue weighted by Crippen LogP contribution is -2.55. The summed E-state index contributed by atoms with van der Waals surface area (Å²) in [5, 5.41) is 8.98. The van der Waals surface area contributed by atoms with Crippen LogP contribution in [0.25, 0.3) is 0 Å². The maximum Gasteiger partial charge on any atom is 0.321 e. The van der Waals surface area contributed by atoms with Gasteiger partial charge in [-0.3, -0.25) is 5.32 Å². The Morgan fingerprint density at radius 3 is 2.64 bits per heavy atom. The summed E-state index contributed by atoms with van der Waals surface area (Å²) in [4.78, 5) is 19.4. The molecule has 1 aliphatic heterocycles. The number of carbonyl (C=O) groups excluding carboxylic acids is 1. The number of rotatable bonds is 3. The van der Waals surface area contributed by atoms with Gasteiger partial charge in [-0.2, -0.15) is 0 Å². The lowest BCUT2D eigenvalue weighted by molar-refractivity contribution is 0.102. The molecule has 1 aromatic heterocycles. The molecule has 0 spiro atoms. The van der Waals surface area contributed by atoms with E-state index in [9.17, 15) is 4.79 Å². The third kappa shape index (κ3) is 4.94. The summed E-state index contributed by atoms with van der Waals surface area (Å²) >= 11 is 1.55. The van der Waals surface area contributed by atoms with Crippen LogP contribution in [0.1, 0.15) is 70.4 Å². The van der Waals surface area contributed by atoms with Crippen molar-refractivity contribution < 1.29 is 4.79 Å². The number of hydrogen-bond donors (Lipinski definition) is 2. The van der Waals surface area contributed by atoms with Gasteiger partial charge < -0.3 is 10.2 Å². The minimum absolute atomic E-state index is 0.0821. The number of piperidine rings is 1. The van der Waals surface area contributed by atoms with E-state index in [1.165, 1.54) is 44.2 Å². The molecule has 0 aromatic carbocycles. The van der Waals surface area contributed by atoms with Crippen molar-refractivity contribution in [3.8, 4) is 0 Å². The van der Waals surface area contributed by atoms with Gasteiger partial charge in [-0.25, -0.2) is 9.78 Å². The van der Waals surface area contributed by atoms with Crippen LogP contribution < -0.4 is 10.6 Å². The van der Waals surface area contributed by atoms with E-state index >= 15 is 0 Å². The van der Waals surface area contributed by atoms with Crippen LogP contribution in [-0.2, 0) is 0 Å². The quantitative estimate of drug-likeness (QED) is 0.780. The lowest BCUT2D eigenvalue weighted by atomic mass is 9.79. The van der Waals surface area contributed by atoms with Gasteiger partial charge in [-0.05, 0) is 38.3 Å². The Balaban J connectivity index is 1.54. The summed E-state index contributed by atoms with van der Waals surface area (Å²) in [5.74, 6) is 0.574. The average molecular weight is 365 g/mol. The molecule has 5 nitrogen and oxygen atoms in total. The average Bonchev–Trinajstić information content (AvgIpc) is 2.82. The molecule has 3 rings (SSSR count). The fraction of sp³-hybridized carbons (Fsp3) is 0.789.